The minimum atomic E-state index is -0.424. The van der Waals surface area contributed by atoms with Gasteiger partial charge in [-0.2, -0.15) is 5.10 Å². The first-order valence-corrected chi connectivity index (χ1v) is 9.40. The molecule has 0 unspecified atom stereocenters. The van der Waals surface area contributed by atoms with E-state index in [1.54, 1.807) is 55.5 Å². The molecule has 30 heavy (non-hydrogen) atoms. The molecule has 0 saturated carbocycles. The highest BCUT2D eigenvalue weighted by atomic mass is 16.3. The molecule has 0 spiro atoms. The van der Waals surface area contributed by atoms with Crippen LogP contribution in [0.15, 0.2) is 94.8 Å². The summed E-state index contributed by atoms with van der Waals surface area (Å²) in [4.78, 5) is 25.7. The highest BCUT2D eigenvalue weighted by molar-refractivity contribution is 6.06. The first kappa shape index (κ1) is 19.1. The van der Waals surface area contributed by atoms with Gasteiger partial charge in [0.05, 0.1) is 11.2 Å². The number of aromatic hydroxyl groups is 1. The Balaban J connectivity index is 1.85. The third kappa shape index (κ3) is 3.46. The second kappa shape index (κ2) is 8.05. The highest BCUT2D eigenvalue weighted by Gasteiger charge is 2.19. The number of para-hydroxylation sites is 2. The van der Waals surface area contributed by atoms with Gasteiger partial charge in [0.2, 0.25) is 0 Å². The van der Waals surface area contributed by atoms with Crippen LogP contribution < -0.4 is 11.0 Å². The van der Waals surface area contributed by atoms with Gasteiger partial charge in [-0.1, -0.05) is 48.5 Å². The topological polar surface area (TPSA) is 83.7 Å². The van der Waals surface area contributed by atoms with E-state index in [9.17, 15) is 14.7 Å². The Morgan fingerprint density at radius 2 is 1.50 bits per heavy atom. The normalized spacial score (nSPS) is 11.4. The largest absolute Gasteiger partial charge is 0.506 e. The van der Waals surface area contributed by atoms with Crippen molar-refractivity contribution < 1.29 is 9.90 Å². The zero-order valence-corrected chi connectivity index (χ0v) is 16.2. The van der Waals surface area contributed by atoms with Gasteiger partial charge in [0, 0.05) is 16.6 Å². The molecule has 6 nitrogen and oxygen atoms in total. The van der Waals surface area contributed by atoms with E-state index in [-0.39, 0.29) is 17.0 Å². The van der Waals surface area contributed by atoms with E-state index < -0.39 is 11.5 Å². The molecule has 0 radical (unpaired) electrons. The second-order valence-electron chi connectivity index (χ2n) is 6.72. The summed E-state index contributed by atoms with van der Waals surface area (Å²) in [5.74, 6) is -0.573. The summed E-state index contributed by atoms with van der Waals surface area (Å²) in [6, 6.07) is 24.9. The molecule has 4 aromatic rings. The van der Waals surface area contributed by atoms with Crippen LogP contribution in [0.3, 0.4) is 0 Å². The number of hydrazone groups is 1. The highest BCUT2D eigenvalue weighted by Crippen LogP contribution is 2.28. The quantitative estimate of drug-likeness (QED) is 0.405. The summed E-state index contributed by atoms with van der Waals surface area (Å²) in [5.41, 5.74) is 3.95. The van der Waals surface area contributed by atoms with Gasteiger partial charge in [0.25, 0.3) is 11.5 Å². The van der Waals surface area contributed by atoms with Gasteiger partial charge in [-0.05, 0) is 43.3 Å². The van der Waals surface area contributed by atoms with Crippen molar-refractivity contribution in [2.75, 3.05) is 0 Å². The second-order valence-corrected chi connectivity index (χ2v) is 6.72. The maximum atomic E-state index is 13.4. The van der Waals surface area contributed by atoms with E-state index in [1.807, 2.05) is 36.4 Å². The molecule has 3 aromatic carbocycles. The molecule has 0 bridgehead atoms. The van der Waals surface area contributed by atoms with Crippen molar-refractivity contribution in [1.29, 1.82) is 0 Å². The Bertz CT molecular complexity index is 1310. The molecule has 148 valence electrons. The zero-order valence-electron chi connectivity index (χ0n) is 16.2. The number of benzene rings is 3. The van der Waals surface area contributed by atoms with Crippen LogP contribution in [0.4, 0.5) is 0 Å². The van der Waals surface area contributed by atoms with Crippen LogP contribution in [0.25, 0.3) is 16.6 Å². The van der Waals surface area contributed by atoms with Crippen molar-refractivity contribution in [3.05, 3.63) is 106 Å². The number of carbonyl (C=O) groups is 1. The van der Waals surface area contributed by atoms with Crippen molar-refractivity contribution in [2.24, 2.45) is 5.10 Å². The maximum absolute atomic E-state index is 13.4. The fourth-order valence-corrected chi connectivity index (χ4v) is 3.33. The summed E-state index contributed by atoms with van der Waals surface area (Å²) < 4.78 is 1.53. The van der Waals surface area contributed by atoms with Crippen LogP contribution in [0.5, 0.6) is 5.75 Å². The van der Waals surface area contributed by atoms with Gasteiger partial charge in [-0.25, -0.2) is 5.43 Å². The van der Waals surface area contributed by atoms with Gasteiger partial charge in [-0.3, -0.25) is 14.2 Å². The molecule has 0 saturated heterocycles. The van der Waals surface area contributed by atoms with E-state index in [0.717, 1.165) is 0 Å². The summed E-state index contributed by atoms with van der Waals surface area (Å²) in [6.45, 7) is 1.58. The minimum absolute atomic E-state index is 0.0333. The van der Waals surface area contributed by atoms with E-state index in [4.69, 9.17) is 0 Å². The third-order valence-electron chi connectivity index (χ3n) is 4.79. The summed E-state index contributed by atoms with van der Waals surface area (Å²) in [7, 11) is 0. The van der Waals surface area contributed by atoms with Crippen molar-refractivity contribution in [2.45, 2.75) is 6.92 Å². The number of fused-ring (bicyclic) bond motifs is 1. The van der Waals surface area contributed by atoms with E-state index >= 15 is 0 Å². The predicted molar refractivity (Wildman–Crippen MR) is 117 cm³/mol. The van der Waals surface area contributed by atoms with Gasteiger partial charge >= 0.3 is 0 Å². The molecule has 0 fully saturated rings. The number of rotatable bonds is 4. The molecule has 0 aliphatic carbocycles. The molecule has 6 heteroatoms. The lowest BCUT2D eigenvalue weighted by Crippen LogP contribution is -2.27. The zero-order chi connectivity index (χ0) is 21.1. The first-order chi connectivity index (χ1) is 14.6. The fourth-order valence-electron chi connectivity index (χ4n) is 3.33. The number of hydrogen-bond acceptors (Lipinski definition) is 4. The smallest absolute Gasteiger partial charge is 0.271 e. The van der Waals surface area contributed by atoms with Crippen LogP contribution in [-0.2, 0) is 0 Å². The molecule has 1 aromatic heterocycles. The fraction of sp³-hybridized carbons (Fsp3) is 0.0417. The van der Waals surface area contributed by atoms with Crippen LogP contribution in [-0.4, -0.2) is 21.3 Å². The van der Waals surface area contributed by atoms with Crippen LogP contribution >= 0.6 is 0 Å². The summed E-state index contributed by atoms with van der Waals surface area (Å²) >= 11 is 0. The molecule has 0 atom stereocenters. The third-order valence-corrected chi connectivity index (χ3v) is 4.79. The average molecular weight is 397 g/mol. The Hall–Kier alpha value is -4.19. The molecular weight excluding hydrogens is 378 g/mol. The van der Waals surface area contributed by atoms with Gasteiger partial charge in [0.15, 0.2) is 0 Å². The Morgan fingerprint density at radius 1 is 0.900 bits per heavy atom. The van der Waals surface area contributed by atoms with Crippen molar-refractivity contribution in [3.8, 4) is 11.4 Å². The van der Waals surface area contributed by atoms with Crippen molar-refractivity contribution in [3.63, 3.8) is 0 Å². The number of amides is 1. The standard InChI is InChI=1S/C24H19N3O3/c1-16(25-26-23(29)17-10-4-2-5-11-17)21-22(28)19-14-8-9-15-20(19)27(24(21)30)18-12-6-3-7-13-18/h2-15,28H,1H3,(H,26,29). The molecule has 0 aliphatic heterocycles. The van der Waals surface area contributed by atoms with Crippen LogP contribution in [0, 0.1) is 0 Å². The number of nitrogens with one attached hydrogen (secondary N) is 1. The van der Waals surface area contributed by atoms with Gasteiger partial charge in [-0.15, -0.1) is 0 Å². The molecule has 4 rings (SSSR count). The summed E-state index contributed by atoms with van der Waals surface area (Å²) in [5, 5.41) is 15.4. The molecule has 2 N–H and O–H groups in total. The first-order valence-electron chi connectivity index (χ1n) is 9.40. The molecular formula is C24H19N3O3. The maximum Gasteiger partial charge on any atom is 0.271 e. The van der Waals surface area contributed by atoms with Gasteiger partial charge in [0.1, 0.15) is 11.3 Å². The Kier molecular flexibility index (Phi) is 5.13. The van der Waals surface area contributed by atoms with E-state index in [2.05, 4.69) is 10.5 Å². The Morgan fingerprint density at radius 3 is 2.20 bits per heavy atom. The van der Waals surface area contributed by atoms with Crippen molar-refractivity contribution >= 4 is 22.5 Å². The number of nitrogens with zero attached hydrogens (tertiary/aromatic N) is 2. The van der Waals surface area contributed by atoms with E-state index in [0.29, 0.717) is 22.2 Å². The number of pyridine rings is 1. The van der Waals surface area contributed by atoms with Crippen LogP contribution in [0.1, 0.15) is 22.8 Å². The number of hydrogen-bond donors (Lipinski definition) is 2. The molecule has 0 aliphatic rings. The molecule has 1 amide bonds. The van der Waals surface area contributed by atoms with Gasteiger partial charge < -0.3 is 5.11 Å². The predicted octanol–water partition coefficient (Wildman–Crippen LogP) is 3.85. The minimum Gasteiger partial charge on any atom is -0.506 e. The average Bonchev–Trinajstić information content (AvgIpc) is 2.79. The number of carbonyl (C=O) groups excluding carboxylic acids is 1. The Labute approximate surface area is 172 Å². The lowest BCUT2D eigenvalue weighted by atomic mass is 10.1. The monoisotopic (exact) mass is 397 g/mol. The lowest BCUT2D eigenvalue weighted by Gasteiger charge is -2.15. The SMILES string of the molecule is CC(=NNC(=O)c1ccccc1)c1c(O)c2ccccc2n(-c2ccccc2)c1=O. The van der Waals surface area contributed by atoms with Crippen molar-refractivity contribution in [1.82, 2.24) is 9.99 Å². The molecule has 1 heterocycles. The lowest BCUT2D eigenvalue weighted by molar-refractivity contribution is 0.0955. The van der Waals surface area contributed by atoms with Crippen LogP contribution in [0.2, 0.25) is 0 Å². The number of aromatic nitrogens is 1. The van der Waals surface area contributed by atoms with E-state index in [1.165, 1.54) is 4.57 Å². The summed E-state index contributed by atoms with van der Waals surface area (Å²) in [6.07, 6.45) is 0.